The van der Waals surface area contributed by atoms with Gasteiger partial charge >= 0.3 is 0 Å². The fraction of sp³-hybridized carbons (Fsp3) is 0.455. The highest BCUT2D eigenvalue weighted by molar-refractivity contribution is 5.14. The third-order valence-electron chi connectivity index (χ3n) is 2.58. The van der Waals surface area contributed by atoms with Crippen LogP contribution in [0.1, 0.15) is 5.56 Å². The molecule has 0 aliphatic carbocycles. The molecule has 0 amide bonds. The Kier molecular flexibility index (Phi) is 2.89. The summed E-state index contributed by atoms with van der Waals surface area (Å²) in [5, 5.41) is 0. The maximum Gasteiger partial charge on any atom is 0.204 e. The van der Waals surface area contributed by atoms with Crippen LogP contribution in [0.5, 0.6) is 0 Å². The summed E-state index contributed by atoms with van der Waals surface area (Å²) in [5.74, 6) is 0. The van der Waals surface area contributed by atoms with Crippen LogP contribution >= 0.6 is 0 Å². The number of rotatable bonds is 2. The largest absolute Gasteiger partial charge is 0.286 e. The van der Waals surface area contributed by atoms with Gasteiger partial charge < -0.3 is 0 Å². The van der Waals surface area contributed by atoms with Gasteiger partial charge in [-0.15, -0.1) is 0 Å². The third kappa shape index (κ3) is 2.39. The summed E-state index contributed by atoms with van der Waals surface area (Å²) in [6, 6.07) is 10.4. The van der Waals surface area contributed by atoms with Crippen molar-refractivity contribution in [1.29, 1.82) is 0 Å². The van der Waals surface area contributed by atoms with E-state index in [1.165, 1.54) is 5.56 Å². The van der Waals surface area contributed by atoms with Crippen molar-refractivity contribution in [2.24, 2.45) is 0 Å². The van der Waals surface area contributed by atoms with Gasteiger partial charge in [-0.3, -0.25) is 4.90 Å². The molecule has 1 fully saturated rings. The van der Waals surface area contributed by atoms with Crippen molar-refractivity contribution in [2.45, 2.75) is 6.54 Å². The Bertz CT molecular complexity index is 300. The van der Waals surface area contributed by atoms with Gasteiger partial charge in [0, 0.05) is 16.2 Å². The van der Waals surface area contributed by atoms with Crippen molar-refractivity contribution in [3.8, 4) is 0 Å². The molecular formula is C11H15N2O+. The lowest BCUT2D eigenvalue weighted by molar-refractivity contribution is -0.560. The van der Waals surface area contributed by atoms with Crippen LogP contribution in [-0.2, 0) is 6.54 Å². The number of piperazine rings is 1. The van der Waals surface area contributed by atoms with Gasteiger partial charge in [0.25, 0.3) is 0 Å². The Labute approximate surface area is 83.9 Å². The summed E-state index contributed by atoms with van der Waals surface area (Å²) >= 11 is 0. The van der Waals surface area contributed by atoms with Gasteiger partial charge in [0.05, 0.1) is 13.1 Å². The zero-order chi connectivity index (χ0) is 9.80. The van der Waals surface area contributed by atoms with Gasteiger partial charge in [0.15, 0.2) is 0 Å². The van der Waals surface area contributed by atoms with E-state index < -0.39 is 0 Å². The Morgan fingerprint density at radius 2 is 1.79 bits per heavy atom. The van der Waals surface area contributed by atoms with Crippen LogP contribution in [-0.4, -0.2) is 35.8 Å². The smallest absolute Gasteiger partial charge is 0.204 e. The first kappa shape index (κ1) is 9.34. The monoisotopic (exact) mass is 191 g/mol. The van der Waals surface area contributed by atoms with Crippen LogP contribution in [0.2, 0.25) is 0 Å². The molecule has 74 valence electrons. The average molecular weight is 191 g/mol. The number of hydrogen-bond donors (Lipinski definition) is 0. The van der Waals surface area contributed by atoms with Crippen LogP contribution in [0.25, 0.3) is 0 Å². The Morgan fingerprint density at radius 3 is 2.43 bits per heavy atom. The lowest BCUT2D eigenvalue weighted by Gasteiger charge is -2.21. The average Bonchev–Trinajstić information content (AvgIpc) is 2.23. The van der Waals surface area contributed by atoms with Crippen molar-refractivity contribution in [2.75, 3.05) is 26.2 Å². The van der Waals surface area contributed by atoms with Crippen molar-refractivity contribution >= 4 is 0 Å². The minimum atomic E-state index is 0.646. The number of nitroso groups, excluding NO2 is 1. The molecule has 1 heterocycles. The number of nitrogens with zero attached hydrogens (tertiary/aromatic N) is 2. The molecular weight excluding hydrogens is 176 g/mol. The summed E-state index contributed by atoms with van der Waals surface area (Å²) < 4.78 is 1.14. The molecule has 0 spiro atoms. The van der Waals surface area contributed by atoms with E-state index in [0.29, 0.717) is 13.1 Å². The zero-order valence-corrected chi connectivity index (χ0v) is 8.22. The van der Waals surface area contributed by atoms with Crippen LogP contribution in [0, 0.1) is 4.91 Å². The van der Waals surface area contributed by atoms with Crippen molar-refractivity contribution in [1.82, 2.24) is 4.90 Å². The van der Waals surface area contributed by atoms with Gasteiger partial charge in [0.1, 0.15) is 0 Å². The van der Waals surface area contributed by atoms with E-state index in [-0.39, 0.29) is 0 Å². The summed E-state index contributed by atoms with van der Waals surface area (Å²) in [5.41, 5.74) is 1.33. The first-order chi connectivity index (χ1) is 6.84. The molecule has 0 atom stereocenters. The van der Waals surface area contributed by atoms with Crippen LogP contribution in [0.3, 0.4) is 0 Å². The third-order valence-corrected chi connectivity index (χ3v) is 2.58. The molecule has 0 radical (unpaired) electrons. The molecule has 1 aromatic carbocycles. The van der Waals surface area contributed by atoms with E-state index >= 15 is 0 Å². The molecule has 1 aliphatic heterocycles. The molecule has 0 aromatic heterocycles. The zero-order valence-electron chi connectivity index (χ0n) is 8.22. The summed E-state index contributed by atoms with van der Waals surface area (Å²) in [4.78, 5) is 13.3. The van der Waals surface area contributed by atoms with E-state index in [0.717, 1.165) is 24.4 Å². The molecule has 1 aromatic rings. The number of benzene rings is 1. The molecule has 0 bridgehead atoms. The van der Waals surface area contributed by atoms with Crippen molar-refractivity contribution in [3.63, 3.8) is 0 Å². The van der Waals surface area contributed by atoms with Crippen LogP contribution < -0.4 is 0 Å². The van der Waals surface area contributed by atoms with Crippen molar-refractivity contribution in [3.05, 3.63) is 40.8 Å². The topological polar surface area (TPSA) is 23.3 Å². The molecule has 0 saturated carbocycles. The van der Waals surface area contributed by atoms with Gasteiger partial charge in [-0.2, -0.15) is 0 Å². The predicted octanol–water partition coefficient (Wildman–Crippen LogP) is 1.28. The highest BCUT2D eigenvalue weighted by atomic mass is 16.3. The first-order valence-corrected chi connectivity index (χ1v) is 5.03. The minimum absolute atomic E-state index is 0.646. The molecule has 3 nitrogen and oxygen atoms in total. The van der Waals surface area contributed by atoms with E-state index in [9.17, 15) is 4.91 Å². The van der Waals surface area contributed by atoms with E-state index in [1.807, 2.05) is 6.07 Å². The molecule has 0 unspecified atom stereocenters. The molecule has 1 saturated heterocycles. The molecule has 1 aliphatic rings. The van der Waals surface area contributed by atoms with Gasteiger partial charge in [-0.25, -0.2) is 0 Å². The fourth-order valence-corrected chi connectivity index (χ4v) is 1.73. The standard InChI is InChI=1S/C11H15N2O/c14-13-8-6-12(7-9-13)10-11-4-2-1-3-5-11/h1-5H,6-10H2/q+1. The van der Waals surface area contributed by atoms with E-state index in [1.54, 1.807) is 0 Å². The van der Waals surface area contributed by atoms with Crippen molar-refractivity contribution < 1.29 is 4.76 Å². The van der Waals surface area contributed by atoms with Gasteiger partial charge in [-0.05, 0) is 5.56 Å². The highest BCUT2D eigenvalue weighted by Crippen LogP contribution is 2.05. The lowest BCUT2D eigenvalue weighted by Crippen LogP contribution is -2.40. The highest BCUT2D eigenvalue weighted by Gasteiger charge is 2.20. The van der Waals surface area contributed by atoms with Gasteiger partial charge in [0.2, 0.25) is 13.1 Å². The van der Waals surface area contributed by atoms with E-state index in [2.05, 4.69) is 29.2 Å². The summed E-state index contributed by atoms with van der Waals surface area (Å²) in [6.45, 7) is 4.03. The molecule has 3 heteroatoms. The maximum atomic E-state index is 11.0. The normalized spacial score (nSPS) is 18.4. The minimum Gasteiger partial charge on any atom is -0.286 e. The summed E-state index contributed by atoms with van der Waals surface area (Å²) in [6.07, 6.45) is 0. The molecule has 2 rings (SSSR count). The quantitative estimate of drug-likeness (QED) is 0.657. The summed E-state index contributed by atoms with van der Waals surface area (Å²) in [7, 11) is 0. The van der Waals surface area contributed by atoms with Gasteiger partial charge in [-0.1, -0.05) is 30.3 Å². The maximum absolute atomic E-state index is 11.0. The number of hydrogen-bond acceptors (Lipinski definition) is 2. The fourth-order valence-electron chi connectivity index (χ4n) is 1.73. The molecule has 0 N–H and O–H groups in total. The lowest BCUT2D eigenvalue weighted by atomic mass is 10.2. The van der Waals surface area contributed by atoms with E-state index in [4.69, 9.17) is 0 Å². The predicted molar refractivity (Wildman–Crippen MR) is 55.1 cm³/mol. The Morgan fingerprint density at radius 1 is 1.14 bits per heavy atom. The Hall–Kier alpha value is -1.22. The second kappa shape index (κ2) is 4.33. The second-order valence-electron chi connectivity index (χ2n) is 3.69. The second-order valence-corrected chi connectivity index (χ2v) is 3.69. The molecule has 14 heavy (non-hydrogen) atoms. The Balaban J connectivity index is 1.89. The van der Waals surface area contributed by atoms with Crippen LogP contribution in [0.4, 0.5) is 0 Å². The SMILES string of the molecule is O=[N+]1CCN(Cc2ccccc2)CC1. The van der Waals surface area contributed by atoms with Crippen LogP contribution in [0.15, 0.2) is 30.3 Å². The first-order valence-electron chi connectivity index (χ1n) is 5.03.